The Morgan fingerprint density at radius 3 is 2.75 bits per heavy atom. The van der Waals surface area contributed by atoms with Crippen LogP contribution in [0.1, 0.15) is 32.6 Å². The lowest BCUT2D eigenvalue weighted by Gasteiger charge is -2.02. The van der Waals surface area contributed by atoms with E-state index in [2.05, 4.69) is 12.2 Å². The summed E-state index contributed by atoms with van der Waals surface area (Å²) >= 11 is 0. The fourth-order valence-corrected chi connectivity index (χ4v) is 0.870. The maximum absolute atomic E-state index is 11.0. The molecule has 0 heterocycles. The molecule has 0 aromatic heterocycles. The highest BCUT2D eigenvalue weighted by Crippen LogP contribution is 1.90. The summed E-state index contributed by atoms with van der Waals surface area (Å²) in [5.74, 6) is 0.139. The van der Waals surface area contributed by atoms with E-state index in [0.717, 1.165) is 25.8 Å². The standard InChI is InChI=1S/C9H19NO2/c1-3-4-7-10-9(11)6-5-8-12-2/h3-8H2,1-2H3,(H,10,11). The van der Waals surface area contributed by atoms with E-state index in [9.17, 15) is 4.79 Å². The van der Waals surface area contributed by atoms with Gasteiger partial charge in [0.15, 0.2) is 0 Å². The van der Waals surface area contributed by atoms with Crippen molar-refractivity contribution in [3.05, 3.63) is 0 Å². The van der Waals surface area contributed by atoms with Crippen molar-refractivity contribution in [3.63, 3.8) is 0 Å². The maximum atomic E-state index is 11.0. The Balaban J connectivity index is 3.10. The zero-order valence-corrected chi connectivity index (χ0v) is 8.06. The Morgan fingerprint density at radius 1 is 1.42 bits per heavy atom. The van der Waals surface area contributed by atoms with Crippen LogP contribution in [0.2, 0.25) is 0 Å². The minimum absolute atomic E-state index is 0.139. The summed E-state index contributed by atoms with van der Waals surface area (Å²) in [5, 5.41) is 2.85. The van der Waals surface area contributed by atoms with E-state index in [1.54, 1.807) is 7.11 Å². The van der Waals surface area contributed by atoms with Gasteiger partial charge >= 0.3 is 0 Å². The summed E-state index contributed by atoms with van der Waals surface area (Å²) in [5.41, 5.74) is 0. The van der Waals surface area contributed by atoms with E-state index < -0.39 is 0 Å². The number of hydrogen-bond donors (Lipinski definition) is 1. The van der Waals surface area contributed by atoms with Crippen LogP contribution in [0.15, 0.2) is 0 Å². The molecule has 0 rings (SSSR count). The van der Waals surface area contributed by atoms with Crippen LogP contribution in [0.5, 0.6) is 0 Å². The summed E-state index contributed by atoms with van der Waals surface area (Å²) in [7, 11) is 1.65. The number of carbonyl (C=O) groups excluding carboxylic acids is 1. The third-order valence-electron chi connectivity index (χ3n) is 1.60. The predicted octanol–water partition coefficient (Wildman–Crippen LogP) is 1.33. The molecule has 72 valence electrons. The van der Waals surface area contributed by atoms with Crippen LogP contribution in [-0.4, -0.2) is 26.2 Å². The first kappa shape index (κ1) is 11.4. The van der Waals surface area contributed by atoms with Gasteiger partial charge in [-0.3, -0.25) is 4.79 Å². The van der Waals surface area contributed by atoms with Crippen molar-refractivity contribution in [1.29, 1.82) is 0 Å². The molecule has 0 spiro atoms. The highest BCUT2D eigenvalue weighted by molar-refractivity contribution is 5.75. The van der Waals surface area contributed by atoms with Gasteiger partial charge < -0.3 is 10.1 Å². The summed E-state index contributed by atoms with van der Waals surface area (Å²) in [6.45, 7) is 3.58. The molecule has 0 aromatic rings. The molecule has 0 radical (unpaired) electrons. The van der Waals surface area contributed by atoms with Gasteiger partial charge in [-0.15, -0.1) is 0 Å². The number of carbonyl (C=O) groups is 1. The van der Waals surface area contributed by atoms with E-state index in [-0.39, 0.29) is 5.91 Å². The largest absolute Gasteiger partial charge is 0.385 e. The zero-order valence-electron chi connectivity index (χ0n) is 8.06. The third kappa shape index (κ3) is 7.54. The van der Waals surface area contributed by atoms with Crippen molar-refractivity contribution in [2.75, 3.05) is 20.3 Å². The fourth-order valence-electron chi connectivity index (χ4n) is 0.870. The van der Waals surface area contributed by atoms with Crippen molar-refractivity contribution in [2.45, 2.75) is 32.6 Å². The third-order valence-corrected chi connectivity index (χ3v) is 1.60. The lowest BCUT2D eigenvalue weighted by atomic mass is 10.3. The summed E-state index contributed by atoms with van der Waals surface area (Å²) in [6.07, 6.45) is 3.58. The maximum Gasteiger partial charge on any atom is 0.220 e. The van der Waals surface area contributed by atoms with Crippen molar-refractivity contribution in [3.8, 4) is 0 Å². The van der Waals surface area contributed by atoms with E-state index in [4.69, 9.17) is 4.74 Å². The molecular formula is C9H19NO2. The number of methoxy groups -OCH3 is 1. The lowest BCUT2D eigenvalue weighted by molar-refractivity contribution is -0.121. The van der Waals surface area contributed by atoms with Gasteiger partial charge in [0.25, 0.3) is 0 Å². The first-order chi connectivity index (χ1) is 5.81. The number of ether oxygens (including phenoxy) is 1. The molecule has 12 heavy (non-hydrogen) atoms. The van der Waals surface area contributed by atoms with Gasteiger partial charge in [0, 0.05) is 26.7 Å². The fraction of sp³-hybridized carbons (Fsp3) is 0.889. The van der Waals surface area contributed by atoms with E-state index in [0.29, 0.717) is 13.0 Å². The van der Waals surface area contributed by atoms with Crippen molar-refractivity contribution in [2.24, 2.45) is 0 Å². The van der Waals surface area contributed by atoms with Gasteiger partial charge in [0.1, 0.15) is 0 Å². The van der Waals surface area contributed by atoms with Crippen LogP contribution in [0.4, 0.5) is 0 Å². The van der Waals surface area contributed by atoms with Crippen LogP contribution in [0.3, 0.4) is 0 Å². The van der Waals surface area contributed by atoms with Crippen molar-refractivity contribution < 1.29 is 9.53 Å². The van der Waals surface area contributed by atoms with Gasteiger partial charge in [-0.05, 0) is 12.8 Å². The molecular weight excluding hydrogens is 154 g/mol. The van der Waals surface area contributed by atoms with Gasteiger partial charge in [-0.1, -0.05) is 13.3 Å². The first-order valence-corrected chi connectivity index (χ1v) is 4.57. The molecule has 3 heteroatoms. The molecule has 0 atom stereocenters. The molecule has 0 bridgehead atoms. The zero-order chi connectivity index (χ0) is 9.23. The minimum atomic E-state index is 0.139. The Kier molecular flexibility index (Phi) is 8.12. The second-order valence-corrected chi connectivity index (χ2v) is 2.80. The van der Waals surface area contributed by atoms with E-state index in [1.165, 1.54) is 0 Å². The van der Waals surface area contributed by atoms with Gasteiger partial charge in [-0.2, -0.15) is 0 Å². The molecule has 0 aliphatic heterocycles. The monoisotopic (exact) mass is 173 g/mol. The average molecular weight is 173 g/mol. The molecule has 3 nitrogen and oxygen atoms in total. The molecule has 0 saturated carbocycles. The normalized spacial score (nSPS) is 9.83. The van der Waals surface area contributed by atoms with Gasteiger partial charge in [0.05, 0.1) is 0 Å². The number of hydrogen-bond acceptors (Lipinski definition) is 2. The summed E-state index contributed by atoms with van der Waals surface area (Å²) in [6, 6.07) is 0. The Hall–Kier alpha value is -0.570. The molecule has 0 fully saturated rings. The topological polar surface area (TPSA) is 38.3 Å². The number of amides is 1. The molecule has 0 aliphatic carbocycles. The van der Waals surface area contributed by atoms with Crippen LogP contribution >= 0.6 is 0 Å². The quantitative estimate of drug-likeness (QED) is 0.590. The smallest absolute Gasteiger partial charge is 0.220 e. The Morgan fingerprint density at radius 2 is 2.17 bits per heavy atom. The molecule has 0 unspecified atom stereocenters. The summed E-state index contributed by atoms with van der Waals surface area (Å²) in [4.78, 5) is 11.0. The molecule has 0 aliphatic rings. The Bertz CT molecular complexity index is 103. The van der Waals surface area contributed by atoms with Crippen LogP contribution in [0.25, 0.3) is 0 Å². The molecule has 0 aromatic carbocycles. The first-order valence-electron chi connectivity index (χ1n) is 4.57. The molecule has 0 saturated heterocycles. The van der Waals surface area contributed by atoms with E-state index in [1.807, 2.05) is 0 Å². The Labute approximate surface area is 74.5 Å². The van der Waals surface area contributed by atoms with Gasteiger partial charge in [-0.25, -0.2) is 0 Å². The van der Waals surface area contributed by atoms with Crippen molar-refractivity contribution in [1.82, 2.24) is 5.32 Å². The van der Waals surface area contributed by atoms with Crippen LogP contribution < -0.4 is 5.32 Å². The second kappa shape index (κ2) is 8.53. The van der Waals surface area contributed by atoms with Crippen LogP contribution in [0, 0.1) is 0 Å². The second-order valence-electron chi connectivity index (χ2n) is 2.80. The molecule has 1 amide bonds. The molecule has 1 N–H and O–H groups in total. The highest BCUT2D eigenvalue weighted by atomic mass is 16.5. The van der Waals surface area contributed by atoms with Crippen molar-refractivity contribution >= 4 is 5.91 Å². The SMILES string of the molecule is CCCCNC(=O)CCCOC. The average Bonchev–Trinajstić information content (AvgIpc) is 2.06. The number of rotatable bonds is 7. The lowest BCUT2D eigenvalue weighted by Crippen LogP contribution is -2.24. The predicted molar refractivity (Wildman–Crippen MR) is 49.0 cm³/mol. The summed E-state index contributed by atoms with van der Waals surface area (Å²) < 4.78 is 4.84. The van der Waals surface area contributed by atoms with Crippen LogP contribution in [-0.2, 0) is 9.53 Å². The van der Waals surface area contributed by atoms with E-state index >= 15 is 0 Å². The number of unbranched alkanes of at least 4 members (excludes halogenated alkanes) is 1. The highest BCUT2D eigenvalue weighted by Gasteiger charge is 1.98. The van der Waals surface area contributed by atoms with Gasteiger partial charge in [0.2, 0.25) is 5.91 Å². The minimum Gasteiger partial charge on any atom is -0.385 e. The number of nitrogens with one attached hydrogen (secondary N) is 1.